The van der Waals surface area contributed by atoms with Crippen LogP contribution in [0, 0.1) is 17.5 Å². The van der Waals surface area contributed by atoms with Gasteiger partial charge in [0.15, 0.2) is 17.5 Å². The van der Waals surface area contributed by atoms with Gasteiger partial charge in [-0.3, -0.25) is 4.79 Å². The number of aromatic nitrogens is 4. The summed E-state index contributed by atoms with van der Waals surface area (Å²) in [7, 11) is 0. The van der Waals surface area contributed by atoms with Gasteiger partial charge in [0.05, 0.1) is 5.56 Å². The van der Waals surface area contributed by atoms with Crippen LogP contribution in [0.2, 0.25) is 0 Å². The summed E-state index contributed by atoms with van der Waals surface area (Å²) in [4.78, 5) is 32.2. The van der Waals surface area contributed by atoms with Crippen LogP contribution in [0.25, 0.3) is 0 Å². The third-order valence-electron chi connectivity index (χ3n) is 7.70. The SMILES string of the molecule is CCN(C(=O)c1cnc(N2C[C@H](c3cc(F)c(F)cc3F)[C@@H](N)C2)nc1)C1CCN(c2nc(C(C)C)no2)CC1. The number of nitrogens with zero attached hydrogens (tertiary/aromatic N) is 7. The Bertz CT molecular complexity index is 1340. The van der Waals surface area contributed by atoms with Gasteiger partial charge >= 0.3 is 6.01 Å². The highest BCUT2D eigenvalue weighted by molar-refractivity contribution is 5.94. The van der Waals surface area contributed by atoms with Crippen molar-refractivity contribution in [3.63, 3.8) is 0 Å². The van der Waals surface area contributed by atoms with Crippen molar-refractivity contribution in [1.82, 2.24) is 25.0 Å². The van der Waals surface area contributed by atoms with Crippen molar-refractivity contribution in [1.29, 1.82) is 0 Å². The number of anilines is 2. The smallest absolute Gasteiger partial charge is 0.324 e. The summed E-state index contributed by atoms with van der Waals surface area (Å²) < 4.78 is 46.9. The van der Waals surface area contributed by atoms with E-state index in [-0.39, 0.29) is 30.0 Å². The quantitative estimate of drug-likeness (QED) is 0.435. The molecule has 2 saturated heterocycles. The number of rotatable bonds is 7. The van der Waals surface area contributed by atoms with Crippen LogP contribution < -0.4 is 15.5 Å². The summed E-state index contributed by atoms with van der Waals surface area (Å²) in [5, 5.41) is 4.04. The minimum atomic E-state index is -1.24. The minimum Gasteiger partial charge on any atom is -0.339 e. The Labute approximate surface area is 230 Å². The lowest BCUT2D eigenvalue weighted by Gasteiger charge is -2.37. The van der Waals surface area contributed by atoms with E-state index in [1.165, 1.54) is 12.4 Å². The summed E-state index contributed by atoms with van der Waals surface area (Å²) >= 11 is 0. The standard InChI is InChI=1S/C27H33F3N8O2/c1-4-38(17-5-7-36(8-6-17)27-34-24(15(2)3)35-40-27)25(39)16-11-32-26(33-12-16)37-13-19(23(31)14-37)18-9-21(29)22(30)10-20(18)28/h9-12,15,17,19,23H,4-8,13-14,31H2,1-3H3/t19-,23+/m1/s1. The fourth-order valence-electron chi connectivity index (χ4n) is 5.43. The number of amides is 1. The lowest BCUT2D eigenvalue weighted by atomic mass is 9.94. The second-order valence-electron chi connectivity index (χ2n) is 10.6. The summed E-state index contributed by atoms with van der Waals surface area (Å²) in [6.07, 6.45) is 4.47. The van der Waals surface area contributed by atoms with Crippen LogP contribution in [0.5, 0.6) is 0 Å². The molecule has 40 heavy (non-hydrogen) atoms. The molecule has 2 aliphatic heterocycles. The average Bonchev–Trinajstić information content (AvgIpc) is 3.59. The second-order valence-corrected chi connectivity index (χ2v) is 10.6. The van der Waals surface area contributed by atoms with E-state index in [0.717, 1.165) is 18.9 Å². The number of benzene rings is 1. The van der Waals surface area contributed by atoms with Gasteiger partial charge in [0.25, 0.3) is 5.91 Å². The zero-order valence-corrected chi connectivity index (χ0v) is 22.7. The molecule has 2 N–H and O–H groups in total. The lowest BCUT2D eigenvalue weighted by Crippen LogP contribution is -2.47. The molecule has 10 nitrogen and oxygen atoms in total. The third-order valence-corrected chi connectivity index (χ3v) is 7.70. The van der Waals surface area contributed by atoms with E-state index < -0.39 is 29.4 Å². The number of carbonyl (C=O) groups is 1. The molecule has 13 heteroatoms. The fourth-order valence-corrected chi connectivity index (χ4v) is 5.43. The van der Waals surface area contributed by atoms with Crippen molar-refractivity contribution in [2.45, 2.75) is 57.5 Å². The van der Waals surface area contributed by atoms with Gasteiger partial charge in [-0.25, -0.2) is 23.1 Å². The van der Waals surface area contributed by atoms with Gasteiger partial charge in [-0.2, -0.15) is 4.98 Å². The Morgan fingerprint density at radius 3 is 2.38 bits per heavy atom. The number of hydrogen-bond donors (Lipinski definition) is 1. The van der Waals surface area contributed by atoms with Gasteiger partial charge < -0.3 is 25.0 Å². The molecule has 0 spiro atoms. The van der Waals surface area contributed by atoms with Gasteiger partial charge in [-0.05, 0) is 31.4 Å². The van der Waals surface area contributed by atoms with Crippen molar-refractivity contribution in [3.8, 4) is 0 Å². The predicted molar refractivity (Wildman–Crippen MR) is 142 cm³/mol. The van der Waals surface area contributed by atoms with Crippen LogP contribution in [-0.4, -0.2) is 75.7 Å². The molecule has 4 heterocycles. The lowest BCUT2D eigenvalue weighted by molar-refractivity contribution is 0.0661. The minimum absolute atomic E-state index is 0.0183. The van der Waals surface area contributed by atoms with Gasteiger partial charge in [0.2, 0.25) is 5.95 Å². The van der Waals surface area contributed by atoms with E-state index in [2.05, 4.69) is 20.1 Å². The molecule has 2 fully saturated rings. The second kappa shape index (κ2) is 11.4. The van der Waals surface area contributed by atoms with Crippen LogP contribution >= 0.6 is 0 Å². The number of carbonyl (C=O) groups excluding carboxylic acids is 1. The fraction of sp³-hybridized carbons (Fsp3) is 0.519. The molecule has 1 amide bonds. The molecular weight excluding hydrogens is 525 g/mol. The maximum atomic E-state index is 14.4. The highest BCUT2D eigenvalue weighted by atomic mass is 19.2. The average molecular weight is 559 g/mol. The zero-order chi connectivity index (χ0) is 28.6. The van der Waals surface area contributed by atoms with Gasteiger partial charge in [0.1, 0.15) is 5.82 Å². The monoisotopic (exact) mass is 558 g/mol. The number of halogens is 3. The molecule has 5 rings (SSSR count). The van der Waals surface area contributed by atoms with E-state index in [4.69, 9.17) is 10.3 Å². The van der Waals surface area contributed by atoms with Crippen LogP contribution in [0.15, 0.2) is 29.0 Å². The first-order valence-corrected chi connectivity index (χ1v) is 13.5. The molecule has 2 aromatic heterocycles. The molecule has 3 aromatic rings. The molecular formula is C27H33F3N8O2. The van der Waals surface area contributed by atoms with Crippen LogP contribution in [0.4, 0.5) is 25.1 Å². The number of nitrogens with two attached hydrogens (primary N) is 1. The molecule has 214 valence electrons. The highest BCUT2D eigenvalue weighted by Crippen LogP contribution is 2.31. The van der Waals surface area contributed by atoms with E-state index in [1.54, 1.807) is 4.90 Å². The van der Waals surface area contributed by atoms with Crippen molar-refractivity contribution in [2.75, 3.05) is 42.5 Å². The van der Waals surface area contributed by atoms with Crippen molar-refractivity contribution < 1.29 is 22.5 Å². The van der Waals surface area contributed by atoms with Gasteiger partial charge in [-0.1, -0.05) is 19.0 Å². The molecule has 0 unspecified atom stereocenters. The maximum Gasteiger partial charge on any atom is 0.324 e. The first-order valence-electron chi connectivity index (χ1n) is 13.5. The van der Waals surface area contributed by atoms with E-state index in [9.17, 15) is 18.0 Å². The van der Waals surface area contributed by atoms with Crippen LogP contribution in [-0.2, 0) is 0 Å². The highest BCUT2D eigenvalue weighted by Gasteiger charge is 2.35. The molecule has 0 bridgehead atoms. The Hall–Kier alpha value is -3.74. The van der Waals surface area contributed by atoms with Crippen LogP contribution in [0.1, 0.15) is 67.2 Å². The summed E-state index contributed by atoms with van der Waals surface area (Å²) in [5.41, 5.74) is 6.60. The maximum absolute atomic E-state index is 14.4. The van der Waals surface area contributed by atoms with Crippen molar-refractivity contribution >= 4 is 17.9 Å². The number of hydrogen-bond acceptors (Lipinski definition) is 9. The number of piperidine rings is 1. The molecule has 0 radical (unpaired) electrons. The summed E-state index contributed by atoms with van der Waals surface area (Å²) in [5.74, 6) is -2.75. The molecule has 1 aromatic carbocycles. The topological polar surface area (TPSA) is 118 Å². The van der Waals surface area contributed by atoms with Crippen molar-refractivity contribution in [2.24, 2.45) is 5.73 Å². The Morgan fingerprint density at radius 2 is 1.75 bits per heavy atom. The molecule has 0 aliphatic carbocycles. The van der Waals surface area contributed by atoms with E-state index >= 15 is 0 Å². The first-order chi connectivity index (χ1) is 19.2. The zero-order valence-electron chi connectivity index (χ0n) is 22.7. The Balaban J connectivity index is 1.21. The largest absolute Gasteiger partial charge is 0.339 e. The molecule has 0 saturated carbocycles. The van der Waals surface area contributed by atoms with Gasteiger partial charge in [0, 0.05) is 75.1 Å². The van der Waals surface area contributed by atoms with E-state index in [0.29, 0.717) is 55.6 Å². The molecule has 2 aliphatic rings. The normalized spacial score (nSPS) is 20.0. The van der Waals surface area contributed by atoms with Crippen LogP contribution in [0.3, 0.4) is 0 Å². The summed E-state index contributed by atoms with van der Waals surface area (Å²) in [6.45, 7) is 8.41. The third kappa shape index (κ3) is 5.47. The molecule has 2 atom stereocenters. The first kappa shape index (κ1) is 27.8. The van der Waals surface area contributed by atoms with Gasteiger partial charge in [-0.15, -0.1) is 0 Å². The van der Waals surface area contributed by atoms with E-state index in [1.807, 2.05) is 30.6 Å². The Kier molecular flexibility index (Phi) is 7.92. The Morgan fingerprint density at radius 1 is 1.07 bits per heavy atom. The van der Waals surface area contributed by atoms with Crippen molar-refractivity contribution in [3.05, 3.63) is 58.9 Å². The summed E-state index contributed by atoms with van der Waals surface area (Å²) in [6, 6.07) is 1.42. The predicted octanol–water partition coefficient (Wildman–Crippen LogP) is 3.46.